The number of aliphatic hydroxyl groups is 1. The highest BCUT2D eigenvalue weighted by molar-refractivity contribution is 5.15. The summed E-state index contributed by atoms with van der Waals surface area (Å²) in [4.78, 5) is 0. The van der Waals surface area contributed by atoms with Crippen molar-refractivity contribution in [2.75, 3.05) is 0 Å². The third-order valence-electron chi connectivity index (χ3n) is 3.21. The van der Waals surface area contributed by atoms with Crippen molar-refractivity contribution in [3.05, 3.63) is 35.6 Å². The second-order valence-electron chi connectivity index (χ2n) is 4.47. The molecule has 2 rings (SSSR count). The molecule has 1 aromatic rings. The molecule has 1 aliphatic carbocycles. The summed E-state index contributed by atoms with van der Waals surface area (Å²) in [6.45, 7) is 0.696. The van der Waals surface area contributed by atoms with Gasteiger partial charge in [-0.15, -0.1) is 0 Å². The lowest BCUT2D eigenvalue weighted by atomic mass is 9.92. The van der Waals surface area contributed by atoms with Gasteiger partial charge in [0, 0.05) is 12.6 Å². The molecule has 1 aromatic carbocycles. The molecule has 0 saturated heterocycles. The topological polar surface area (TPSA) is 32.3 Å². The van der Waals surface area contributed by atoms with Crippen LogP contribution in [0.1, 0.15) is 31.2 Å². The normalized spacial score (nSPS) is 25.6. The molecule has 0 amide bonds. The second-order valence-corrected chi connectivity index (χ2v) is 4.47. The minimum Gasteiger partial charge on any atom is -0.392 e. The predicted octanol–water partition coefficient (Wildman–Crippen LogP) is 2.22. The van der Waals surface area contributed by atoms with Crippen molar-refractivity contribution >= 4 is 0 Å². The Morgan fingerprint density at radius 3 is 2.56 bits per heavy atom. The number of halogens is 1. The molecular formula is C13H18FNO. The van der Waals surface area contributed by atoms with Crippen LogP contribution < -0.4 is 5.32 Å². The molecule has 0 radical (unpaired) electrons. The monoisotopic (exact) mass is 223 g/mol. The first-order valence-electron chi connectivity index (χ1n) is 5.91. The summed E-state index contributed by atoms with van der Waals surface area (Å²) in [6, 6.07) is 6.68. The maximum absolute atomic E-state index is 12.7. The van der Waals surface area contributed by atoms with E-state index in [0.29, 0.717) is 6.54 Å². The van der Waals surface area contributed by atoms with Crippen LogP contribution in [0.3, 0.4) is 0 Å². The van der Waals surface area contributed by atoms with E-state index >= 15 is 0 Å². The van der Waals surface area contributed by atoms with Gasteiger partial charge in [0.25, 0.3) is 0 Å². The highest BCUT2D eigenvalue weighted by Gasteiger charge is 2.21. The van der Waals surface area contributed by atoms with Gasteiger partial charge in [-0.1, -0.05) is 25.0 Å². The van der Waals surface area contributed by atoms with E-state index in [9.17, 15) is 9.50 Å². The van der Waals surface area contributed by atoms with E-state index in [4.69, 9.17) is 0 Å². The average molecular weight is 223 g/mol. The number of hydrogen-bond acceptors (Lipinski definition) is 2. The lowest BCUT2D eigenvalue weighted by Gasteiger charge is -2.28. The van der Waals surface area contributed by atoms with Gasteiger partial charge in [0.05, 0.1) is 6.10 Å². The molecule has 0 aromatic heterocycles. The molecule has 2 unspecified atom stereocenters. The van der Waals surface area contributed by atoms with Crippen molar-refractivity contribution in [1.82, 2.24) is 5.32 Å². The van der Waals surface area contributed by atoms with Gasteiger partial charge in [0.1, 0.15) is 5.82 Å². The van der Waals surface area contributed by atoms with Crippen molar-refractivity contribution in [3.8, 4) is 0 Å². The Morgan fingerprint density at radius 2 is 1.88 bits per heavy atom. The lowest BCUT2D eigenvalue weighted by Crippen LogP contribution is -2.41. The van der Waals surface area contributed by atoms with Crippen LogP contribution in [0.2, 0.25) is 0 Å². The minimum absolute atomic E-state index is 0.193. The van der Waals surface area contributed by atoms with Crippen LogP contribution in [0.15, 0.2) is 24.3 Å². The van der Waals surface area contributed by atoms with E-state index in [1.165, 1.54) is 18.6 Å². The zero-order chi connectivity index (χ0) is 11.4. The summed E-state index contributed by atoms with van der Waals surface area (Å²) in [6.07, 6.45) is 3.99. The van der Waals surface area contributed by atoms with E-state index in [0.717, 1.165) is 24.8 Å². The predicted molar refractivity (Wildman–Crippen MR) is 61.5 cm³/mol. The molecule has 0 heterocycles. The summed E-state index contributed by atoms with van der Waals surface area (Å²) < 4.78 is 12.7. The largest absolute Gasteiger partial charge is 0.392 e. The third-order valence-corrected chi connectivity index (χ3v) is 3.21. The van der Waals surface area contributed by atoms with Crippen LogP contribution in [-0.2, 0) is 6.54 Å². The molecule has 0 aliphatic heterocycles. The number of nitrogens with one attached hydrogen (secondary N) is 1. The van der Waals surface area contributed by atoms with E-state index in [1.54, 1.807) is 12.1 Å². The van der Waals surface area contributed by atoms with Gasteiger partial charge in [0.15, 0.2) is 0 Å². The van der Waals surface area contributed by atoms with Crippen LogP contribution in [0.25, 0.3) is 0 Å². The molecule has 1 saturated carbocycles. The third kappa shape index (κ3) is 3.03. The maximum Gasteiger partial charge on any atom is 0.123 e. The molecule has 0 spiro atoms. The van der Waals surface area contributed by atoms with Crippen molar-refractivity contribution in [1.29, 1.82) is 0 Å². The highest BCUT2D eigenvalue weighted by Crippen LogP contribution is 2.18. The fraction of sp³-hybridized carbons (Fsp3) is 0.538. The van der Waals surface area contributed by atoms with Crippen molar-refractivity contribution < 1.29 is 9.50 Å². The molecular weight excluding hydrogens is 205 g/mol. The Bertz CT molecular complexity index is 325. The molecule has 1 fully saturated rings. The van der Waals surface area contributed by atoms with E-state index in [1.807, 2.05) is 0 Å². The maximum atomic E-state index is 12.7. The van der Waals surface area contributed by atoms with Crippen LogP contribution in [0.5, 0.6) is 0 Å². The average Bonchev–Trinajstić information content (AvgIpc) is 2.30. The summed E-state index contributed by atoms with van der Waals surface area (Å²) in [5, 5.41) is 13.1. The first-order valence-corrected chi connectivity index (χ1v) is 5.91. The van der Waals surface area contributed by atoms with Gasteiger partial charge in [-0.2, -0.15) is 0 Å². The quantitative estimate of drug-likeness (QED) is 0.823. The fourth-order valence-corrected chi connectivity index (χ4v) is 2.20. The first-order chi connectivity index (χ1) is 7.75. The molecule has 3 heteroatoms. The van der Waals surface area contributed by atoms with Gasteiger partial charge in [-0.3, -0.25) is 0 Å². The van der Waals surface area contributed by atoms with Crippen molar-refractivity contribution in [2.45, 2.75) is 44.4 Å². The molecule has 16 heavy (non-hydrogen) atoms. The summed E-state index contributed by atoms with van der Waals surface area (Å²) in [7, 11) is 0. The Kier molecular flexibility index (Phi) is 3.91. The molecule has 0 bridgehead atoms. The Balaban J connectivity index is 1.84. The Morgan fingerprint density at radius 1 is 1.19 bits per heavy atom. The molecule has 2 atom stereocenters. The van der Waals surface area contributed by atoms with Gasteiger partial charge in [-0.25, -0.2) is 4.39 Å². The molecule has 2 nitrogen and oxygen atoms in total. The standard InChI is InChI=1S/C13H18FNO/c14-11-7-5-10(6-8-11)9-15-12-3-1-2-4-13(12)16/h5-8,12-13,15-16H,1-4,9H2. The van der Waals surface area contributed by atoms with Gasteiger partial charge in [0.2, 0.25) is 0 Å². The lowest BCUT2D eigenvalue weighted by molar-refractivity contribution is 0.0902. The minimum atomic E-state index is -0.228. The number of benzene rings is 1. The number of hydrogen-bond donors (Lipinski definition) is 2. The first kappa shape index (κ1) is 11.6. The second kappa shape index (κ2) is 5.41. The Labute approximate surface area is 95.5 Å². The van der Waals surface area contributed by atoms with Crippen molar-refractivity contribution in [3.63, 3.8) is 0 Å². The van der Waals surface area contributed by atoms with Gasteiger partial charge in [-0.05, 0) is 30.5 Å². The fourth-order valence-electron chi connectivity index (χ4n) is 2.20. The van der Waals surface area contributed by atoms with Crippen LogP contribution in [0.4, 0.5) is 4.39 Å². The number of rotatable bonds is 3. The van der Waals surface area contributed by atoms with Crippen LogP contribution in [-0.4, -0.2) is 17.3 Å². The van der Waals surface area contributed by atoms with Crippen molar-refractivity contribution in [2.24, 2.45) is 0 Å². The van der Waals surface area contributed by atoms with Crippen LogP contribution >= 0.6 is 0 Å². The molecule has 88 valence electrons. The summed E-state index contributed by atoms with van der Waals surface area (Å²) in [5.41, 5.74) is 1.05. The molecule has 2 N–H and O–H groups in total. The highest BCUT2D eigenvalue weighted by atomic mass is 19.1. The van der Waals surface area contributed by atoms with Crippen LogP contribution in [0, 0.1) is 5.82 Å². The summed E-state index contributed by atoms with van der Waals surface area (Å²) in [5.74, 6) is -0.207. The van der Waals surface area contributed by atoms with E-state index in [-0.39, 0.29) is 18.0 Å². The zero-order valence-electron chi connectivity index (χ0n) is 9.32. The van der Waals surface area contributed by atoms with Gasteiger partial charge >= 0.3 is 0 Å². The smallest absolute Gasteiger partial charge is 0.123 e. The van der Waals surface area contributed by atoms with Gasteiger partial charge < -0.3 is 10.4 Å². The van der Waals surface area contributed by atoms with E-state index < -0.39 is 0 Å². The Hall–Kier alpha value is -0.930. The van der Waals surface area contributed by atoms with E-state index in [2.05, 4.69) is 5.32 Å². The SMILES string of the molecule is OC1CCCCC1NCc1ccc(F)cc1. The summed E-state index contributed by atoms with van der Waals surface area (Å²) >= 11 is 0. The molecule has 1 aliphatic rings. The number of aliphatic hydroxyl groups excluding tert-OH is 1. The zero-order valence-corrected chi connectivity index (χ0v) is 9.32.